The molecular weight excluding hydrogens is 204 g/mol. The van der Waals surface area contributed by atoms with E-state index in [1.165, 1.54) is 11.1 Å². The quantitative estimate of drug-likeness (QED) is 0.641. The average Bonchev–Trinajstić information content (AvgIpc) is 2.24. The number of benzene rings is 1. The highest BCUT2D eigenvalue weighted by atomic mass is 16.3. The Balaban J connectivity index is 1.76. The lowest BCUT2D eigenvalue weighted by molar-refractivity contribution is -0.125. The molecular formula is C12H16N2O2. The van der Waals surface area contributed by atoms with Crippen LogP contribution in [-0.4, -0.2) is 30.2 Å². The molecule has 4 nitrogen and oxygen atoms in total. The maximum absolute atomic E-state index is 10.6. The number of amides is 1. The largest absolute Gasteiger partial charge is 0.382 e. The summed E-state index contributed by atoms with van der Waals surface area (Å²) in [6.07, 6.45) is -0.0223. The first-order chi connectivity index (χ1) is 7.68. The fraction of sp³-hybridized carbons (Fsp3) is 0.417. The van der Waals surface area contributed by atoms with Crippen LogP contribution in [0.3, 0.4) is 0 Å². The molecule has 0 saturated carbocycles. The summed E-state index contributed by atoms with van der Waals surface area (Å²) in [5.41, 5.74) is 7.70. The molecule has 0 bridgehead atoms. The zero-order valence-corrected chi connectivity index (χ0v) is 9.02. The van der Waals surface area contributed by atoms with Crippen molar-refractivity contribution in [3.8, 4) is 0 Å². The van der Waals surface area contributed by atoms with Gasteiger partial charge in [-0.05, 0) is 17.5 Å². The van der Waals surface area contributed by atoms with Gasteiger partial charge in [0.05, 0.1) is 0 Å². The van der Waals surface area contributed by atoms with E-state index >= 15 is 0 Å². The molecule has 0 heterocycles. The van der Waals surface area contributed by atoms with Gasteiger partial charge in [0, 0.05) is 19.0 Å². The van der Waals surface area contributed by atoms with Crippen molar-refractivity contribution in [1.29, 1.82) is 0 Å². The van der Waals surface area contributed by atoms with E-state index in [1.54, 1.807) is 0 Å². The lowest BCUT2D eigenvalue weighted by Crippen LogP contribution is -2.40. The summed E-state index contributed by atoms with van der Waals surface area (Å²) in [7, 11) is 0. The summed E-state index contributed by atoms with van der Waals surface area (Å²) < 4.78 is 0. The maximum Gasteiger partial charge on any atom is 0.247 e. The number of carbonyl (C=O) groups excluding carboxylic acids is 1. The number of fused-ring (bicyclic) bond motifs is 1. The van der Waals surface area contributed by atoms with E-state index in [9.17, 15) is 9.90 Å². The highest BCUT2D eigenvalue weighted by Crippen LogP contribution is 2.33. The number of aliphatic hydroxyl groups excluding tert-OH is 1. The second kappa shape index (κ2) is 4.63. The monoisotopic (exact) mass is 220 g/mol. The van der Waals surface area contributed by atoms with Crippen molar-refractivity contribution in [2.75, 3.05) is 13.1 Å². The standard InChI is InChI=1S/C12H16N2O2/c13-12(16)11(15)7-14-6-9-5-8-3-1-2-4-10(8)9/h1-4,9,11,14-15H,5-7H2,(H2,13,16). The van der Waals surface area contributed by atoms with Gasteiger partial charge in [-0.3, -0.25) is 4.79 Å². The summed E-state index contributed by atoms with van der Waals surface area (Å²) in [6.45, 7) is 1.01. The van der Waals surface area contributed by atoms with Crippen molar-refractivity contribution in [3.05, 3.63) is 35.4 Å². The Hall–Kier alpha value is -1.39. The molecule has 16 heavy (non-hydrogen) atoms. The van der Waals surface area contributed by atoms with Crippen LogP contribution in [0.15, 0.2) is 24.3 Å². The van der Waals surface area contributed by atoms with Gasteiger partial charge in [-0.1, -0.05) is 24.3 Å². The van der Waals surface area contributed by atoms with E-state index in [-0.39, 0.29) is 6.54 Å². The van der Waals surface area contributed by atoms with E-state index in [0.717, 1.165) is 13.0 Å². The third-order valence-electron chi connectivity index (χ3n) is 3.02. The summed E-state index contributed by atoms with van der Waals surface area (Å²) in [5, 5.41) is 12.2. The van der Waals surface area contributed by atoms with Crippen LogP contribution in [-0.2, 0) is 11.2 Å². The lowest BCUT2D eigenvalue weighted by atomic mass is 9.77. The SMILES string of the molecule is NC(=O)C(O)CNCC1Cc2ccccc21. The predicted octanol–water partition coefficient (Wildman–Crippen LogP) is -0.238. The molecule has 2 atom stereocenters. The summed E-state index contributed by atoms with van der Waals surface area (Å²) >= 11 is 0. The van der Waals surface area contributed by atoms with Gasteiger partial charge >= 0.3 is 0 Å². The van der Waals surface area contributed by atoms with Crippen LogP contribution in [0.1, 0.15) is 17.0 Å². The van der Waals surface area contributed by atoms with Gasteiger partial charge in [0.1, 0.15) is 6.10 Å². The van der Waals surface area contributed by atoms with Crippen molar-refractivity contribution in [1.82, 2.24) is 5.32 Å². The first kappa shape index (κ1) is 11.1. The van der Waals surface area contributed by atoms with E-state index in [4.69, 9.17) is 5.73 Å². The molecule has 0 aliphatic heterocycles. The van der Waals surface area contributed by atoms with Gasteiger partial charge in [-0.25, -0.2) is 0 Å². The van der Waals surface area contributed by atoms with Gasteiger partial charge in [-0.2, -0.15) is 0 Å². The molecule has 1 aliphatic rings. The highest BCUT2D eigenvalue weighted by Gasteiger charge is 2.25. The lowest BCUT2D eigenvalue weighted by Gasteiger charge is -2.30. The molecule has 0 radical (unpaired) electrons. The number of nitrogens with one attached hydrogen (secondary N) is 1. The van der Waals surface area contributed by atoms with Gasteiger partial charge in [0.25, 0.3) is 0 Å². The summed E-state index contributed by atoms with van der Waals surface area (Å²) in [6, 6.07) is 8.32. The number of carbonyl (C=O) groups is 1. The third-order valence-corrected chi connectivity index (χ3v) is 3.02. The van der Waals surface area contributed by atoms with E-state index < -0.39 is 12.0 Å². The predicted molar refractivity (Wildman–Crippen MR) is 61.0 cm³/mol. The fourth-order valence-corrected chi connectivity index (χ4v) is 2.04. The van der Waals surface area contributed by atoms with E-state index in [1.807, 2.05) is 12.1 Å². The summed E-state index contributed by atoms with van der Waals surface area (Å²) in [4.78, 5) is 10.6. The molecule has 86 valence electrons. The van der Waals surface area contributed by atoms with Crippen molar-refractivity contribution in [2.45, 2.75) is 18.4 Å². The van der Waals surface area contributed by atoms with Crippen LogP contribution in [0.5, 0.6) is 0 Å². The second-order valence-electron chi connectivity index (χ2n) is 4.18. The smallest absolute Gasteiger partial charge is 0.247 e. The van der Waals surface area contributed by atoms with Crippen LogP contribution in [0.2, 0.25) is 0 Å². The van der Waals surface area contributed by atoms with E-state index in [0.29, 0.717) is 5.92 Å². The Morgan fingerprint density at radius 1 is 1.56 bits per heavy atom. The maximum atomic E-state index is 10.6. The van der Waals surface area contributed by atoms with Crippen LogP contribution in [0.4, 0.5) is 0 Å². The number of hydrogen-bond donors (Lipinski definition) is 3. The molecule has 1 amide bonds. The summed E-state index contributed by atoms with van der Waals surface area (Å²) in [5.74, 6) is -0.183. The molecule has 1 aliphatic carbocycles. The van der Waals surface area contributed by atoms with Crippen LogP contribution >= 0.6 is 0 Å². The van der Waals surface area contributed by atoms with Crippen LogP contribution < -0.4 is 11.1 Å². The molecule has 0 spiro atoms. The average molecular weight is 220 g/mol. The minimum absolute atomic E-state index is 0.230. The van der Waals surface area contributed by atoms with Crippen LogP contribution in [0.25, 0.3) is 0 Å². The molecule has 4 N–H and O–H groups in total. The number of nitrogens with two attached hydrogens (primary N) is 1. The Morgan fingerprint density at radius 2 is 2.31 bits per heavy atom. The minimum atomic E-state index is -1.09. The Kier molecular flexibility index (Phi) is 3.22. The Bertz CT molecular complexity index is 392. The number of aliphatic hydroxyl groups is 1. The Morgan fingerprint density at radius 3 is 3.00 bits per heavy atom. The first-order valence-electron chi connectivity index (χ1n) is 5.44. The topological polar surface area (TPSA) is 75.4 Å². The highest BCUT2D eigenvalue weighted by molar-refractivity contribution is 5.78. The number of hydrogen-bond acceptors (Lipinski definition) is 3. The van der Waals surface area contributed by atoms with Crippen molar-refractivity contribution in [3.63, 3.8) is 0 Å². The van der Waals surface area contributed by atoms with E-state index in [2.05, 4.69) is 17.4 Å². The molecule has 4 heteroatoms. The fourth-order valence-electron chi connectivity index (χ4n) is 2.04. The molecule has 2 rings (SSSR count). The normalized spacial score (nSPS) is 19.7. The minimum Gasteiger partial charge on any atom is -0.382 e. The van der Waals surface area contributed by atoms with Crippen molar-refractivity contribution in [2.24, 2.45) is 5.73 Å². The molecule has 0 fully saturated rings. The van der Waals surface area contributed by atoms with Crippen molar-refractivity contribution >= 4 is 5.91 Å². The van der Waals surface area contributed by atoms with Crippen molar-refractivity contribution < 1.29 is 9.90 Å². The zero-order valence-electron chi connectivity index (χ0n) is 9.02. The molecule has 1 aromatic rings. The number of primary amides is 1. The molecule has 0 aromatic heterocycles. The van der Waals surface area contributed by atoms with Crippen LogP contribution in [0, 0.1) is 0 Å². The Labute approximate surface area is 94.5 Å². The van der Waals surface area contributed by atoms with Gasteiger partial charge in [0.15, 0.2) is 0 Å². The number of rotatable bonds is 5. The third kappa shape index (κ3) is 2.23. The first-order valence-corrected chi connectivity index (χ1v) is 5.44. The molecule has 1 aromatic carbocycles. The van der Waals surface area contributed by atoms with Gasteiger partial charge in [0.2, 0.25) is 5.91 Å². The van der Waals surface area contributed by atoms with Gasteiger partial charge < -0.3 is 16.2 Å². The van der Waals surface area contributed by atoms with Gasteiger partial charge in [-0.15, -0.1) is 0 Å². The zero-order chi connectivity index (χ0) is 11.5. The molecule has 2 unspecified atom stereocenters. The molecule has 0 saturated heterocycles. The second-order valence-corrected chi connectivity index (χ2v) is 4.18.